The number of hydrogen-bond acceptors (Lipinski definition) is 3. The Morgan fingerprint density at radius 3 is 2.79 bits per heavy atom. The average Bonchev–Trinajstić information content (AvgIpc) is 2.44. The van der Waals surface area contributed by atoms with Gasteiger partial charge in [0.1, 0.15) is 0 Å². The van der Waals surface area contributed by atoms with Crippen molar-refractivity contribution >= 4 is 34.1 Å². The van der Waals surface area contributed by atoms with E-state index in [9.17, 15) is 4.79 Å². The van der Waals surface area contributed by atoms with Gasteiger partial charge in [0.05, 0.1) is 5.75 Å². The van der Waals surface area contributed by atoms with E-state index in [4.69, 9.17) is 5.73 Å². The predicted octanol–water partition coefficient (Wildman–Crippen LogP) is 2.86. The Labute approximate surface area is 117 Å². The van der Waals surface area contributed by atoms with Crippen molar-refractivity contribution in [3.8, 4) is 0 Å². The summed E-state index contributed by atoms with van der Waals surface area (Å²) in [5.41, 5.74) is 6.29. The van der Waals surface area contributed by atoms with E-state index in [2.05, 4.69) is 5.32 Å². The summed E-state index contributed by atoms with van der Waals surface area (Å²) in [6.45, 7) is 0.679. The fourth-order valence-corrected chi connectivity index (χ4v) is 2.64. The zero-order valence-corrected chi connectivity index (χ0v) is 11.6. The standard InChI is InChI=1S/C15H18N2OS/c16-9-4-10-19-11-15(18)17-14-8-3-6-12-5-1-2-7-13(12)14/h1-3,5-8H,4,9-11,16H2,(H,17,18). The van der Waals surface area contributed by atoms with Crippen LogP contribution in [0.5, 0.6) is 0 Å². The van der Waals surface area contributed by atoms with E-state index in [1.165, 1.54) is 0 Å². The van der Waals surface area contributed by atoms with Crippen molar-refractivity contribution in [3.05, 3.63) is 42.5 Å². The molecule has 0 unspecified atom stereocenters. The highest BCUT2D eigenvalue weighted by Gasteiger charge is 2.05. The molecule has 1 amide bonds. The molecular weight excluding hydrogens is 256 g/mol. The van der Waals surface area contributed by atoms with Gasteiger partial charge in [0.2, 0.25) is 5.91 Å². The molecule has 0 bridgehead atoms. The highest BCUT2D eigenvalue weighted by Crippen LogP contribution is 2.23. The van der Waals surface area contributed by atoms with Crippen LogP contribution < -0.4 is 11.1 Å². The van der Waals surface area contributed by atoms with Crippen molar-refractivity contribution in [1.29, 1.82) is 0 Å². The van der Waals surface area contributed by atoms with Gasteiger partial charge in [-0.05, 0) is 30.2 Å². The van der Waals surface area contributed by atoms with Crippen molar-refractivity contribution in [3.63, 3.8) is 0 Å². The first-order valence-corrected chi connectivity index (χ1v) is 7.52. The number of carbonyl (C=O) groups is 1. The summed E-state index contributed by atoms with van der Waals surface area (Å²) in [5, 5.41) is 5.18. The molecule has 3 N–H and O–H groups in total. The fourth-order valence-electron chi connectivity index (χ4n) is 1.87. The Morgan fingerprint density at radius 1 is 1.16 bits per heavy atom. The van der Waals surface area contributed by atoms with E-state index in [0.29, 0.717) is 12.3 Å². The highest BCUT2D eigenvalue weighted by atomic mass is 32.2. The zero-order chi connectivity index (χ0) is 13.5. The molecule has 2 aromatic rings. The maximum atomic E-state index is 11.9. The second kappa shape index (κ2) is 7.16. The molecule has 0 aromatic heterocycles. The number of carbonyl (C=O) groups excluding carboxylic acids is 1. The van der Waals surface area contributed by atoms with Crippen LogP contribution in [0.4, 0.5) is 5.69 Å². The second-order valence-electron chi connectivity index (χ2n) is 4.27. The first kappa shape index (κ1) is 13.9. The predicted molar refractivity (Wildman–Crippen MR) is 83.6 cm³/mol. The van der Waals surface area contributed by atoms with Gasteiger partial charge in [-0.15, -0.1) is 0 Å². The van der Waals surface area contributed by atoms with Crippen LogP contribution in [-0.2, 0) is 4.79 Å². The number of rotatable bonds is 6. The van der Waals surface area contributed by atoms with Gasteiger partial charge >= 0.3 is 0 Å². The van der Waals surface area contributed by atoms with Crippen LogP contribution in [0.25, 0.3) is 10.8 Å². The lowest BCUT2D eigenvalue weighted by Gasteiger charge is -2.08. The summed E-state index contributed by atoms with van der Waals surface area (Å²) in [6.07, 6.45) is 0.951. The maximum Gasteiger partial charge on any atom is 0.234 e. The molecule has 19 heavy (non-hydrogen) atoms. The molecule has 0 heterocycles. The van der Waals surface area contributed by atoms with Gasteiger partial charge in [0.25, 0.3) is 0 Å². The number of anilines is 1. The molecule has 0 spiro atoms. The van der Waals surface area contributed by atoms with Gasteiger partial charge in [-0.2, -0.15) is 11.8 Å². The van der Waals surface area contributed by atoms with E-state index >= 15 is 0 Å². The van der Waals surface area contributed by atoms with Crippen LogP contribution in [0.1, 0.15) is 6.42 Å². The quantitative estimate of drug-likeness (QED) is 0.796. The summed E-state index contributed by atoms with van der Waals surface area (Å²) in [4.78, 5) is 11.9. The Bertz CT molecular complexity index is 551. The number of hydrogen-bond donors (Lipinski definition) is 2. The Kier molecular flexibility index (Phi) is 5.24. The van der Waals surface area contributed by atoms with Crippen molar-refractivity contribution in [1.82, 2.24) is 0 Å². The Morgan fingerprint density at radius 2 is 1.95 bits per heavy atom. The molecule has 0 saturated heterocycles. The van der Waals surface area contributed by atoms with Crippen LogP contribution in [0.3, 0.4) is 0 Å². The Hall–Kier alpha value is -1.52. The Balaban J connectivity index is 1.99. The van der Waals surface area contributed by atoms with Crippen molar-refractivity contribution in [2.24, 2.45) is 5.73 Å². The molecule has 0 aliphatic rings. The van der Waals surface area contributed by atoms with Gasteiger partial charge in [0, 0.05) is 11.1 Å². The molecule has 0 atom stereocenters. The number of fused-ring (bicyclic) bond motifs is 1. The van der Waals surface area contributed by atoms with Crippen LogP contribution in [0.2, 0.25) is 0 Å². The van der Waals surface area contributed by atoms with Gasteiger partial charge in [-0.25, -0.2) is 0 Å². The summed E-state index contributed by atoms with van der Waals surface area (Å²) in [6, 6.07) is 14.0. The topological polar surface area (TPSA) is 55.1 Å². The number of thioether (sulfide) groups is 1. The highest BCUT2D eigenvalue weighted by molar-refractivity contribution is 7.99. The number of benzene rings is 2. The minimum Gasteiger partial charge on any atom is -0.330 e. The van der Waals surface area contributed by atoms with Crippen molar-refractivity contribution in [2.45, 2.75) is 6.42 Å². The number of nitrogens with two attached hydrogens (primary N) is 1. The third-order valence-electron chi connectivity index (χ3n) is 2.79. The first-order valence-electron chi connectivity index (χ1n) is 6.36. The molecule has 3 nitrogen and oxygen atoms in total. The summed E-state index contributed by atoms with van der Waals surface area (Å²) < 4.78 is 0. The summed E-state index contributed by atoms with van der Waals surface area (Å²) >= 11 is 1.62. The molecule has 0 aliphatic carbocycles. The smallest absolute Gasteiger partial charge is 0.234 e. The van der Waals surface area contributed by atoms with Crippen LogP contribution in [0, 0.1) is 0 Å². The fraction of sp³-hybridized carbons (Fsp3) is 0.267. The van der Waals surface area contributed by atoms with E-state index in [-0.39, 0.29) is 5.91 Å². The zero-order valence-electron chi connectivity index (χ0n) is 10.8. The molecule has 0 radical (unpaired) electrons. The first-order chi connectivity index (χ1) is 9.31. The van der Waals surface area contributed by atoms with Gasteiger partial charge in [-0.3, -0.25) is 4.79 Å². The van der Waals surface area contributed by atoms with E-state index < -0.39 is 0 Å². The van der Waals surface area contributed by atoms with Crippen LogP contribution >= 0.6 is 11.8 Å². The lowest BCUT2D eigenvalue weighted by atomic mass is 10.1. The molecule has 2 rings (SSSR count). The molecule has 100 valence electrons. The number of nitrogens with one attached hydrogen (secondary N) is 1. The lowest BCUT2D eigenvalue weighted by Crippen LogP contribution is -2.14. The number of amides is 1. The van der Waals surface area contributed by atoms with Crippen LogP contribution in [-0.4, -0.2) is 24.0 Å². The molecule has 2 aromatic carbocycles. The van der Waals surface area contributed by atoms with Crippen LogP contribution in [0.15, 0.2) is 42.5 Å². The van der Waals surface area contributed by atoms with Gasteiger partial charge < -0.3 is 11.1 Å². The van der Waals surface area contributed by atoms with E-state index in [0.717, 1.165) is 28.6 Å². The molecular formula is C15H18N2OS. The molecule has 0 aliphatic heterocycles. The summed E-state index contributed by atoms with van der Waals surface area (Å²) in [7, 11) is 0. The molecule has 0 fully saturated rings. The summed E-state index contributed by atoms with van der Waals surface area (Å²) in [5.74, 6) is 1.45. The largest absolute Gasteiger partial charge is 0.330 e. The lowest BCUT2D eigenvalue weighted by molar-refractivity contribution is -0.113. The third-order valence-corrected chi connectivity index (χ3v) is 3.83. The average molecular weight is 274 g/mol. The monoisotopic (exact) mass is 274 g/mol. The molecule has 4 heteroatoms. The second-order valence-corrected chi connectivity index (χ2v) is 5.37. The SMILES string of the molecule is NCCCSCC(=O)Nc1cccc2ccccc12. The molecule has 0 saturated carbocycles. The van der Waals surface area contributed by atoms with Crippen molar-refractivity contribution in [2.75, 3.05) is 23.4 Å². The third kappa shape index (κ3) is 3.98. The van der Waals surface area contributed by atoms with Gasteiger partial charge in [-0.1, -0.05) is 36.4 Å². The minimum absolute atomic E-state index is 0.0402. The normalized spacial score (nSPS) is 10.6. The minimum atomic E-state index is 0.0402. The maximum absolute atomic E-state index is 11.9. The van der Waals surface area contributed by atoms with Crippen molar-refractivity contribution < 1.29 is 4.79 Å². The van der Waals surface area contributed by atoms with Gasteiger partial charge in [0.15, 0.2) is 0 Å². The van der Waals surface area contributed by atoms with E-state index in [1.807, 2.05) is 42.5 Å². The van der Waals surface area contributed by atoms with E-state index in [1.54, 1.807) is 11.8 Å².